The van der Waals surface area contributed by atoms with E-state index in [0.29, 0.717) is 5.75 Å². The van der Waals surface area contributed by atoms with Crippen molar-refractivity contribution in [3.8, 4) is 11.5 Å². The second-order valence-electron chi connectivity index (χ2n) is 7.18. The number of hydrogen-bond donors (Lipinski definition) is 1. The van der Waals surface area contributed by atoms with Crippen LogP contribution in [0.1, 0.15) is 0 Å². The molecule has 0 aliphatic rings. The summed E-state index contributed by atoms with van der Waals surface area (Å²) in [6, 6.07) is 12.6. The van der Waals surface area contributed by atoms with E-state index >= 15 is 0 Å². The van der Waals surface area contributed by atoms with Crippen molar-refractivity contribution in [2.45, 2.75) is 19.6 Å². The van der Waals surface area contributed by atoms with Crippen molar-refractivity contribution in [3.05, 3.63) is 41.8 Å². The molecule has 24 heavy (non-hydrogen) atoms. The van der Waals surface area contributed by atoms with Crippen molar-refractivity contribution in [3.63, 3.8) is 0 Å². The van der Waals surface area contributed by atoms with Crippen molar-refractivity contribution in [2.75, 3.05) is 7.11 Å². The minimum Gasteiger partial charge on any atom is -0.507 e. The van der Waals surface area contributed by atoms with Crippen LogP contribution in [0.15, 0.2) is 41.8 Å². The number of benzene rings is 3. The zero-order valence-corrected chi connectivity index (χ0v) is 16.1. The van der Waals surface area contributed by atoms with Crippen molar-refractivity contribution in [2.24, 2.45) is 0 Å². The van der Waals surface area contributed by atoms with Crippen LogP contribution in [0, 0.1) is 0 Å². The summed E-state index contributed by atoms with van der Waals surface area (Å²) in [5, 5.41) is 20.0. The van der Waals surface area contributed by atoms with Gasteiger partial charge in [-0.05, 0) is 38.9 Å². The van der Waals surface area contributed by atoms with Gasteiger partial charge >= 0.3 is 0 Å². The van der Waals surface area contributed by atoms with Crippen LogP contribution in [0.3, 0.4) is 0 Å². The van der Waals surface area contributed by atoms with Gasteiger partial charge in [-0.2, -0.15) is 0 Å². The first kappa shape index (κ1) is 15.5. The van der Waals surface area contributed by atoms with Crippen LogP contribution in [-0.4, -0.2) is 20.3 Å². The first-order valence-corrected chi connectivity index (χ1v) is 12.4. The highest BCUT2D eigenvalue weighted by atomic mass is 32.1. The molecule has 0 unspecified atom stereocenters. The van der Waals surface area contributed by atoms with Gasteiger partial charge in [-0.15, -0.1) is 11.3 Å². The van der Waals surface area contributed by atoms with Crippen molar-refractivity contribution < 1.29 is 9.84 Å². The fraction of sp³-hybridized carbons (Fsp3) is 0.200. The van der Waals surface area contributed by atoms with Gasteiger partial charge in [0.2, 0.25) is 0 Å². The second kappa shape index (κ2) is 5.23. The van der Waals surface area contributed by atoms with Crippen LogP contribution >= 0.6 is 11.3 Å². The van der Waals surface area contributed by atoms with Crippen LogP contribution in [0.4, 0.5) is 0 Å². The second-order valence-corrected chi connectivity index (χ2v) is 13.1. The van der Waals surface area contributed by atoms with E-state index < -0.39 is 8.07 Å². The Morgan fingerprint density at radius 2 is 1.67 bits per heavy atom. The Bertz CT molecular complexity index is 1090. The zero-order valence-electron chi connectivity index (χ0n) is 14.3. The lowest BCUT2D eigenvalue weighted by Gasteiger charge is -2.23. The van der Waals surface area contributed by atoms with Crippen molar-refractivity contribution in [1.29, 1.82) is 0 Å². The monoisotopic (exact) mass is 352 g/mol. The Morgan fingerprint density at radius 3 is 2.33 bits per heavy atom. The maximum absolute atomic E-state index is 11.1. The molecular formula is C20H20O2SSi. The van der Waals surface area contributed by atoms with Gasteiger partial charge < -0.3 is 9.84 Å². The first-order valence-electron chi connectivity index (χ1n) is 8.05. The van der Waals surface area contributed by atoms with Crippen LogP contribution < -0.4 is 9.92 Å². The molecule has 122 valence electrons. The number of methoxy groups -OCH3 is 1. The number of fused-ring (bicyclic) bond motifs is 5. The molecule has 4 heteroatoms. The minimum atomic E-state index is -1.76. The number of ether oxygens (including phenoxy) is 1. The molecule has 0 saturated heterocycles. The lowest BCUT2D eigenvalue weighted by molar-refractivity contribution is 0.420. The molecule has 0 bridgehead atoms. The molecule has 0 amide bonds. The molecule has 2 nitrogen and oxygen atoms in total. The van der Waals surface area contributed by atoms with Gasteiger partial charge in [0, 0.05) is 10.8 Å². The minimum absolute atomic E-state index is 0.474. The highest BCUT2D eigenvalue weighted by Gasteiger charge is 2.28. The topological polar surface area (TPSA) is 29.5 Å². The predicted molar refractivity (Wildman–Crippen MR) is 108 cm³/mol. The van der Waals surface area contributed by atoms with Crippen molar-refractivity contribution in [1.82, 2.24) is 0 Å². The average molecular weight is 353 g/mol. The molecule has 1 N–H and O–H groups in total. The maximum Gasteiger partial charge on any atom is 0.133 e. The van der Waals surface area contributed by atoms with E-state index in [9.17, 15) is 5.11 Å². The highest BCUT2D eigenvalue weighted by molar-refractivity contribution is 7.18. The molecule has 0 radical (unpaired) electrons. The Kier molecular flexibility index (Phi) is 3.37. The molecule has 3 aromatic carbocycles. The van der Waals surface area contributed by atoms with Gasteiger partial charge in [0.05, 0.1) is 19.9 Å². The Balaban J connectivity index is 2.40. The fourth-order valence-electron chi connectivity index (χ4n) is 3.66. The summed E-state index contributed by atoms with van der Waals surface area (Å²) in [6.07, 6.45) is 0. The predicted octanol–water partition coefficient (Wildman–Crippen LogP) is 5.47. The normalized spacial score (nSPS) is 12.3. The zero-order chi connectivity index (χ0) is 17.1. The SMILES string of the molecule is COc1cc2c3ccsc3c(O)c([Si](C)(C)C)c2c2ccccc12. The Labute approximate surface area is 146 Å². The third-order valence-electron chi connectivity index (χ3n) is 4.63. The summed E-state index contributed by atoms with van der Waals surface area (Å²) in [4.78, 5) is 0. The van der Waals surface area contributed by atoms with E-state index in [0.717, 1.165) is 31.8 Å². The molecule has 4 rings (SSSR count). The van der Waals surface area contributed by atoms with Crippen molar-refractivity contribution >= 4 is 56.2 Å². The molecule has 0 aliphatic carbocycles. The molecule has 1 aromatic heterocycles. The van der Waals surface area contributed by atoms with Crippen LogP contribution in [0.25, 0.3) is 31.6 Å². The summed E-state index contributed by atoms with van der Waals surface area (Å²) < 4.78 is 6.65. The van der Waals surface area contributed by atoms with Crippen LogP contribution in [-0.2, 0) is 0 Å². The van der Waals surface area contributed by atoms with E-state index in [1.807, 2.05) is 6.07 Å². The standard InChI is InChI=1S/C20H20O2SSi/c1-22-16-11-15-14-9-10-23-19(14)18(21)20(24(2,3)4)17(15)13-8-6-5-7-12(13)16/h5-11,21H,1-4H3. The number of aromatic hydroxyl groups is 1. The van der Waals surface area contributed by atoms with E-state index in [1.165, 1.54) is 10.8 Å². The lowest BCUT2D eigenvalue weighted by Crippen LogP contribution is -2.38. The highest BCUT2D eigenvalue weighted by Crippen LogP contribution is 2.42. The van der Waals surface area contributed by atoms with E-state index in [2.05, 4.69) is 55.4 Å². The van der Waals surface area contributed by atoms with Gasteiger partial charge in [-0.1, -0.05) is 43.9 Å². The third-order valence-corrected chi connectivity index (χ3v) is 7.54. The van der Waals surface area contributed by atoms with Gasteiger partial charge in [-0.3, -0.25) is 0 Å². The molecule has 0 saturated carbocycles. The number of hydrogen-bond acceptors (Lipinski definition) is 3. The van der Waals surface area contributed by atoms with E-state index in [4.69, 9.17) is 4.74 Å². The van der Waals surface area contributed by atoms with Crippen LogP contribution in [0.5, 0.6) is 11.5 Å². The van der Waals surface area contributed by atoms with E-state index in [-0.39, 0.29) is 0 Å². The molecular weight excluding hydrogens is 332 g/mol. The lowest BCUT2D eigenvalue weighted by atomic mass is 9.98. The van der Waals surface area contributed by atoms with Gasteiger partial charge in [0.1, 0.15) is 11.5 Å². The summed E-state index contributed by atoms with van der Waals surface area (Å²) in [6.45, 7) is 6.87. The molecule has 0 spiro atoms. The number of phenols is 1. The Hall–Kier alpha value is -2.04. The molecule has 0 aliphatic heterocycles. The quantitative estimate of drug-likeness (QED) is 0.383. The average Bonchev–Trinajstić information content (AvgIpc) is 3.03. The molecule has 1 heterocycles. The summed E-state index contributed by atoms with van der Waals surface area (Å²) in [5.41, 5.74) is 0. The molecule has 4 aromatic rings. The van der Waals surface area contributed by atoms with Gasteiger partial charge in [0.15, 0.2) is 0 Å². The number of thiophene rings is 1. The number of phenolic OH excluding ortho intramolecular Hbond substituents is 1. The largest absolute Gasteiger partial charge is 0.507 e. The first-order chi connectivity index (χ1) is 11.4. The fourth-order valence-corrected chi connectivity index (χ4v) is 6.46. The summed E-state index contributed by atoms with van der Waals surface area (Å²) in [5.74, 6) is 1.36. The van der Waals surface area contributed by atoms with Gasteiger partial charge in [-0.25, -0.2) is 0 Å². The molecule has 0 fully saturated rings. The van der Waals surface area contributed by atoms with Gasteiger partial charge in [0.25, 0.3) is 0 Å². The summed E-state index contributed by atoms with van der Waals surface area (Å²) >= 11 is 1.61. The third kappa shape index (κ3) is 2.06. The van der Waals surface area contributed by atoms with E-state index in [1.54, 1.807) is 18.4 Å². The number of rotatable bonds is 2. The molecule has 0 atom stereocenters. The Morgan fingerprint density at radius 1 is 0.958 bits per heavy atom. The smallest absolute Gasteiger partial charge is 0.133 e. The maximum atomic E-state index is 11.1. The summed E-state index contributed by atoms with van der Waals surface area (Å²) in [7, 11) is -0.0414. The van der Waals surface area contributed by atoms with Crippen LogP contribution in [0.2, 0.25) is 19.6 Å².